The van der Waals surface area contributed by atoms with Crippen LogP contribution in [0, 0.1) is 19.7 Å². The van der Waals surface area contributed by atoms with Crippen LogP contribution in [0.4, 0.5) is 10.1 Å². The summed E-state index contributed by atoms with van der Waals surface area (Å²) in [4.78, 5) is 17.9. The summed E-state index contributed by atoms with van der Waals surface area (Å²) < 4.78 is 25.9. The van der Waals surface area contributed by atoms with Crippen molar-refractivity contribution in [1.29, 1.82) is 0 Å². The smallest absolute Gasteiger partial charge is 0.256 e. The molecule has 0 saturated carbocycles. The molecule has 1 amide bonds. The highest BCUT2D eigenvalue weighted by Crippen LogP contribution is 2.36. The van der Waals surface area contributed by atoms with Crippen molar-refractivity contribution in [1.82, 2.24) is 14.8 Å². The number of fused-ring (bicyclic) bond motifs is 1. The van der Waals surface area contributed by atoms with E-state index < -0.39 is 5.82 Å². The number of ether oxygens (including phenoxy) is 2. The second-order valence-electron chi connectivity index (χ2n) is 7.13. The van der Waals surface area contributed by atoms with E-state index in [9.17, 15) is 9.18 Å². The summed E-state index contributed by atoms with van der Waals surface area (Å²) in [6.45, 7) is 3.55. The lowest BCUT2D eigenvalue weighted by Crippen LogP contribution is -2.14. The molecule has 4 aromatic rings. The fourth-order valence-corrected chi connectivity index (χ4v) is 3.77. The minimum Gasteiger partial charge on any atom is -0.495 e. The first-order valence-electron chi connectivity index (χ1n) is 9.68. The number of benzene rings is 2. The van der Waals surface area contributed by atoms with Gasteiger partial charge in [0.05, 0.1) is 47.3 Å². The average Bonchev–Trinajstić information content (AvgIpc) is 3.09. The SMILES string of the molecule is COc1cc(OC)c(NC(=O)c2cc(C)nc3c2c(C)nn3-c2cccc(F)c2)cc1Cl. The third kappa shape index (κ3) is 3.85. The molecule has 164 valence electrons. The maximum absolute atomic E-state index is 13.8. The Morgan fingerprint density at radius 3 is 2.53 bits per heavy atom. The van der Waals surface area contributed by atoms with Crippen LogP contribution in [0.2, 0.25) is 5.02 Å². The number of aromatic nitrogens is 3. The third-order valence-electron chi connectivity index (χ3n) is 4.96. The molecular weight excluding hydrogens is 435 g/mol. The van der Waals surface area contributed by atoms with Gasteiger partial charge >= 0.3 is 0 Å². The highest BCUT2D eigenvalue weighted by Gasteiger charge is 2.21. The largest absolute Gasteiger partial charge is 0.495 e. The number of hydrogen-bond donors (Lipinski definition) is 1. The summed E-state index contributed by atoms with van der Waals surface area (Å²) in [6.07, 6.45) is 0. The first-order chi connectivity index (χ1) is 15.3. The van der Waals surface area contributed by atoms with Gasteiger partial charge in [-0.1, -0.05) is 17.7 Å². The molecule has 0 fully saturated rings. The minimum atomic E-state index is -0.391. The van der Waals surface area contributed by atoms with E-state index in [-0.39, 0.29) is 5.91 Å². The van der Waals surface area contributed by atoms with Crippen LogP contribution in [0.15, 0.2) is 42.5 Å². The highest BCUT2D eigenvalue weighted by atomic mass is 35.5. The van der Waals surface area contributed by atoms with Gasteiger partial charge in [0.25, 0.3) is 5.91 Å². The predicted octanol–water partition coefficient (Wildman–Crippen LogP) is 5.10. The second kappa shape index (κ2) is 8.47. The molecule has 0 unspecified atom stereocenters. The number of anilines is 1. The molecule has 2 heterocycles. The van der Waals surface area contributed by atoms with Gasteiger partial charge in [-0.25, -0.2) is 14.1 Å². The zero-order valence-electron chi connectivity index (χ0n) is 17.9. The van der Waals surface area contributed by atoms with Gasteiger partial charge in [0, 0.05) is 11.8 Å². The van der Waals surface area contributed by atoms with Gasteiger partial charge in [-0.2, -0.15) is 5.10 Å². The standard InChI is InChI=1S/C23H20ClFN4O3/c1-12-8-16(23(30)27-18-10-17(24)19(31-3)11-20(18)32-4)21-13(2)28-29(22(21)26-12)15-7-5-6-14(25)9-15/h5-11H,1-4H3,(H,27,30). The van der Waals surface area contributed by atoms with E-state index in [1.165, 1.54) is 31.0 Å². The van der Waals surface area contributed by atoms with Crippen molar-refractivity contribution in [3.05, 3.63) is 70.3 Å². The van der Waals surface area contributed by atoms with Crippen molar-refractivity contribution in [2.24, 2.45) is 0 Å². The van der Waals surface area contributed by atoms with Crippen molar-refractivity contribution < 1.29 is 18.7 Å². The molecule has 0 aliphatic heterocycles. The summed E-state index contributed by atoms with van der Waals surface area (Å²) in [6, 6.07) is 10.9. The first-order valence-corrected chi connectivity index (χ1v) is 10.1. The number of nitrogens with one attached hydrogen (secondary N) is 1. The molecule has 0 saturated heterocycles. The zero-order chi connectivity index (χ0) is 23.0. The van der Waals surface area contributed by atoms with E-state index in [0.29, 0.717) is 55.9 Å². The van der Waals surface area contributed by atoms with E-state index in [1.54, 1.807) is 44.2 Å². The number of methoxy groups -OCH3 is 2. The number of rotatable bonds is 5. The second-order valence-corrected chi connectivity index (χ2v) is 7.54. The molecule has 9 heteroatoms. The molecule has 2 aromatic carbocycles. The Morgan fingerprint density at radius 2 is 1.84 bits per heavy atom. The van der Waals surface area contributed by atoms with Crippen LogP contribution in [0.1, 0.15) is 21.7 Å². The summed E-state index contributed by atoms with van der Waals surface area (Å²) in [5, 5.41) is 8.25. The number of pyridine rings is 1. The Bertz CT molecular complexity index is 1350. The molecule has 7 nitrogen and oxygen atoms in total. The van der Waals surface area contributed by atoms with Gasteiger partial charge in [-0.05, 0) is 44.2 Å². The summed E-state index contributed by atoms with van der Waals surface area (Å²) in [5.74, 6) is 0.0458. The molecule has 0 radical (unpaired) electrons. The van der Waals surface area contributed by atoms with Crippen LogP contribution in [-0.4, -0.2) is 34.9 Å². The molecule has 0 atom stereocenters. The Balaban J connectivity index is 1.82. The van der Waals surface area contributed by atoms with Crippen molar-refractivity contribution >= 4 is 34.2 Å². The van der Waals surface area contributed by atoms with Gasteiger partial charge < -0.3 is 14.8 Å². The van der Waals surface area contributed by atoms with Crippen LogP contribution in [0.25, 0.3) is 16.7 Å². The number of carbonyl (C=O) groups excluding carboxylic acids is 1. The van der Waals surface area contributed by atoms with E-state index in [0.717, 1.165) is 0 Å². The molecule has 4 rings (SSSR count). The fourth-order valence-electron chi connectivity index (χ4n) is 3.53. The van der Waals surface area contributed by atoms with Crippen LogP contribution in [0.5, 0.6) is 11.5 Å². The first kappa shape index (κ1) is 21.6. The number of hydrogen-bond acceptors (Lipinski definition) is 5. The Hall–Kier alpha value is -3.65. The van der Waals surface area contributed by atoms with Crippen molar-refractivity contribution in [3.8, 4) is 17.2 Å². The molecule has 0 spiro atoms. The topological polar surface area (TPSA) is 78.3 Å². The average molecular weight is 455 g/mol. The monoisotopic (exact) mass is 454 g/mol. The summed E-state index contributed by atoms with van der Waals surface area (Å²) >= 11 is 6.23. The number of aryl methyl sites for hydroxylation is 2. The fraction of sp³-hybridized carbons (Fsp3) is 0.174. The Labute approximate surface area is 188 Å². The van der Waals surface area contributed by atoms with Crippen LogP contribution in [-0.2, 0) is 0 Å². The van der Waals surface area contributed by atoms with Crippen molar-refractivity contribution in [2.75, 3.05) is 19.5 Å². The number of halogens is 2. The highest BCUT2D eigenvalue weighted by molar-refractivity contribution is 6.32. The van der Waals surface area contributed by atoms with Crippen LogP contribution in [0.3, 0.4) is 0 Å². The lowest BCUT2D eigenvalue weighted by molar-refractivity contribution is 0.102. The van der Waals surface area contributed by atoms with E-state index in [1.807, 2.05) is 0 Å². The van der Waals surface area contributed by atoms with Crippen molar-refractivity contribution in [2.45, 2.75) is 13.8 Å². The lowest BCUT2D eigenvalue weighted by Gasteiger charge is -2.14. The van der Waals surface area contributed by atoms with Gasteiger partial charge in [-0.3, -0.25) is 4.79 Å². The number of amides is 1. The number of carbonyl (C=O) groups is 1. The summed E-state index contributed by atoms with van der Waals surface area (Å²) in [7, 11) is 2.98. The summed E-state index contributed by atoms with van der Waals surface area (Å²) in [5.41, 5.74) is 2.93. The van der Waals surface area contributed by atoms with E-state index in [4.69, 9.17) is 21.1 Å². The maximum Gasteiger partial charge on any atom is 0.256 e. The Kier molecular flexibility index (Phi) is 5.71. The van der Waals surface area contributed by atoms with Crippen LogP contribution < -0.4 is 14.8 Å². The molecular formula is C23H20ClFN4O3. The van der Waals surface area contributed by atoms with Gasteiger partial charge in [-0.15, -0.1) is 0 Å². The van der Waals surface area contributed by atoms with Gasteiger partial charge in [0.2, 0.25) is 0 Å². The van der Waals surface area contributed by atoms with Gasteiger partial charge in [0.15, 0.2) is 5.65 Å². The van der Waals surface area contributed by atoms with Crippen molar-refractivity contribution in [3.63, 3.8) is 0 Å². The molecule has 0 bridgehead atoms. The molecule has 2 aromatic heterocycles. The zero-order valence-corrected chi connectivity index (χ0v) is 18.6. The van der Waals surface area contributed by atoms with E-state index in [2.05, 4.69) is 15.4 Å². The molecule has 1 N–H and O–H groups in total. The van der Waals surface area contributed by atoms with Crippen LogP contribution >= 0.6 is 11.6 Å². The Morgan fingerprint density at radius 1 is 1.09 bits per heavy atom. The number of nitrogens with zero attached hydrogens (tertiary/aromatic N) is 3. The third-order valence-corrected chi connectivity index (χ3v) is 5.26. The quantitative estimate of drug-likeness (QED) is 0.454. The predicted molar refractivity (Wildman–Crippen MR) is 121 cm³/mol. The lowest BCUT2D eigenvalue weighted by atomic mass is 10.1. The molecule has 0 aliphatic rings. The maximum atomic E-state index is 13.8. The van der Waals surface area contributed by atoms with E-state index >= 15 is 0 Å². The molecule has 0 aliphatic carbocycles. The van der Waals surface area contributed by atoms with Gasteiger partial charge in [0.1, 0.15) is 17.3 Å². The molecule has 32 heavy (non-hydrogen) atoms. The normalized spacial score (nSPS) is 10.9. The minimum absolute atomic E-state index is 0.328.